The number of allylic oxidation sites excluding steroid dienone is 2. The van der Waals surface area contributed by atoms with Gasteiger partial charge in [0.05, 0.1) is 17.0 Å². The number of aromatic hydroxyl groups is 1. The number of carbonyl (C=O) groups excluding carboxylic acids is 2. The number of halogens is 1. The van der Waals surface area contributed by atoms with Gasteiger partial charge >= 0.3 is 0 Å². The summed E-state index contributed by atoms with van der Waals surface area (Å²) < 4.78 is 0. The van der Waals surface area contributed by atoms with Crippen LogP contribution < -0.4 is 4.90 Å². The molecule has 21 heavy (non-hydrogen) atoms. The normalized spacial score (nSPS) is 36.7. The molecule has 4 rings (SSSR count). The lowest BCUT2D eigenvalue weighted by Crippen LogP contribution is -2.37. The van der Waals surface area contributed by atoms with Crippen LogP contribution in [0, 0.1) is 23.2 Å². The quantitative estimate of drug-likeness (QED) is 0.641. The van der Waals surface area contributed by atoms with Gasteiger partial charge in [-0.3, -0.25) is 9.59 Å². The van der Waals surface area contributed by atoms with Crippen molar-refractivity contribution in [1.82, 2.24) is 0 Å². The Morgan fingerprint density at radius 3 is 2.81 bits per heavy atom. The van der Waals surface area contributed by atoms with E-state index >= 15 is 0 Å². The van der Waals surface area contributed by atoms with Crippen LogP contribution in [0.2, 0.25) is 5.02 Å². The minimum atomic E-state index is -0.689. The molecular formula is C16H14ClNO3. The largest absolute Gasteiger partial charge is 0.506 e. The molecule has 2 aliphatic carbocycles. The molecule has 2 amide bonds. The van der Waals surface area contributed by atoms with Gasteiger partial charge in [-0.1, -0.05) is 23.8 Å². The third kappa shape index (κ3) is 1.41. The number of nitrogens with zero attached hydrogens (tertiary/aromatic N) is 1. The van der Waals surface area contributed by atoms with Gasteiger partial charge in [0.25, 0.3) is 0 Å². The molecule has 0 unspecified atom stereocenters. The second-order valence-corrected chi connectivity index (χ2v) is 6.70. The van der Waals surface area contributed by atoms with Crippen LogP contribution in [0.3, 0.4) is 0 Å². The summed E-state index contributed by atoms with van der Waals surface area (Å²) in [6.07, 6.45) is 4.96. The highest BCUT2D eigenvalue weighted by atomic mass is 35.5. The summed E-state index contributed by atoms with van der Waals surface area (Å²) in [5.41, 5.74) is -0.502. The number of amides is 2. The minimum absolute atomic E-state index is 0.107. The summed E-state index contributed by atoms with van der Waals surface area (Å²) in [6.45, 7) is 1.87. The van der Waals surface area contributed by atoms with Crippen molar-refractivity contribution in [3.63, 3.8) is 0 Å². The third-order valence-electron chi connectivity index (χ3n) is 5.29. The van der Waals surface area contributed by atoms with Gasteiger partial charge in [-0.25, -0.2) is 4.90 Å². The predicted molar refractivity (Wildman–Crippen MR) is 77.9 cm³/mol. The summed E-state index contributed by atoms with van der Waals surface area (Å²) in [5.74, 6) is -0.648. The van der Waals surface area contributed by atoms with E-state index in [0.717, 1.165) is 11.3 Å². The fraction of sp³-hybridized carbons (Fsp3) is 0.375. The van der Waals surface area contributed by atoms with Gasteiger partial charge in [0.15, 0.2) is 0 Å². The van der Waals surface area contributed by atoms with E-state index in [9.17, 15) is 14.7 Å². The molecule has 5 heteroatoms. The molecule has 0 spiro atoms. The van der Waals surface area contributed by atoms with E-state index in [1.807, 2.05) is 19.1 Å². The number of phenolic OH excluding ortho intramolecular Hbond substituents is 1. The Bertz CT molecular complexity index is 713. The van der Waals surface area contributed by atoms with E-state index < -0.39 is 5.41 Å². The van der Waals surface area contributed by atoms with Gasteiger partial charge in [0, 0.05) is 5.02 Å². The van der Waals surface area contributed by atoms with E-state index in [0.29, 0.717) is 5.02 Å². The molecule has 1 aromatic carbocycles. The zero-order valence-corrected chi connectivity index (χ0v) is 12.2. The lowest BCUT2D eigenvalue weighted by Gasteiger charge is -2.28. The summed E-state index contributed by atoms with van der Waals surface area (Å²) in [7, 11) is 0. The van der Waals surface area contributed by atoms with E-state index in [4.69, 9.17) is 11.6 Å². The molecule has 3 aliphatic rings. The van der Waals surface area contributed by atoms with Crippen LogP contribution in [0.1, 0.15) is 13.3 Å². The topological polar surface area (TPSA) is 57.6 Å². The molecule has 0 radical (unpaired) electrons. The van der Waals surface area contributed by atoms with Gasteiger partial charge in [-0.05, 0) is 43.4 Å². The highest BCUT2D eigenvalue weighted by Gasteiger charge is 2.67. The van der Waals surface area contributed by atoms with E-state index in [1.54, 1.807) is 0 Å². The van der Waals surface area contributed by atoms with Crippen molar-refractivity contribution in [2.24, 2.45) is 23.2 Å². The van der Waals surface area contributed by atoms with Crippen LogP contribution in [0.4, 0.5) is 5.69 Å². The maximum atomic E-state index is 12.9. The zero-order chi connectivity index (χ0) is 14.9. The number of carbonyl (C=O) groups is 2. The van der Waals surface area contributed by atoms with Crippen LogP contribution in [-0.2, 0) is 9.59 Å². The molecule has 1 saturated carbocycles. The lowest BCUT2D eigenvalue weighted by molar-refractivity contribution is -0.127. The summed E-state index contributed by atoms with van der Waals surface area (Å²) >= 11 is 5.94. The first-order valence-electron chi connectivity index (χ1n) is 7.00. The number of hydrogen-bond donors (Lipinski definition) is 1. The van der Waals surface area contributed by atoms with Crippen molar-refractivity contribution in [2.75, 3.05) is 4.90 Å². The zero-order valence-electron chi connectivity index (χ0n) is 11.4. The van der Waals surface area contributed by atoms with E-state index in [1.165, 1.54) is 18.2 Å². The van der Waals surface area contributed by atoms with Gasteiger partial charge in [0.2, 0.25) is 11.8 Å². The van der Waals surface area contributed by atoms with Crippen LogP contribution in [0.15, 0.2) is 30.4 Å². The maximum absolute atomic E-state index is 12.9. The number of phenols is 1. The van der Waals surface area contributed by atoms with Crippen LogP contribution >= 0.6 is 11.6 Å². The Labute approximate surface area is 127 Å². The lowest BCUT2D eigenvalue weighted by atomic mass is 9.71. The molecule has 2 bridgehead atoms. The molecule has 1 saturated heterocycles. The Morgan fingerprint density at radius 2 is 2.10 bits per heavy atom. The first kappa shape index (κ1) is 12.9. The fourth-order valence-electron chi connectivity index (χ4n) is 4.21. The SMILES string of the molecule is C[C@@]12C(=O)N(c3cc(Cl)ccc3O)C(=O)[C@H]1[C@H]1C=C[C@H]2C1. The number of anilines is 1. The molecule has 2 fully saturated rings. The van der Waals surface area contributed by atoms with Crippen LogP contribution in [0.5, 0.6) is 5.75 Å². The maximum Gasteiger partial charge on any atom is 0.241 e. The molecule has 1 heterocycles. The summed E-state index contributed by atoms with van der Waals surface area (Å²) in [4.78, 5) is 26.8. The standard InChI is InChI=1S/C16H14ClNO3/c1-16-9-3-2-8(6-9)13(16)14(20)18(15(16)21)11-7-10(17)4-5-12(11)19/h2-5,7-9,13,19H,6H2,1H3/t8-,9-,13+,16-/m0/s1. The second-order valence-electron chi connectivity index (χ2n) is 6.26. The molecule has 1 N–H and O–H groups in total. The Morgan fingerprint density at radius 1 is 1.33 bits per heavy atom. The highest BCUT2D eigenvalue weighted by molar-refractivity contribution is 6.32. The number of rotatable bonds is 1. The Kier molecular flexibility index (Phi) is 2.39. The predicted octanol–water partition coefficient (Wildman–Crippen LogP) is 2.75. The van der Waals surface area contributed by atoms with Crippen molar-refractivity contribution in [1.29, 1.82) is 0 Å². The van der Waals surface area contributed by atoms with Gasteiger partial charge in [-0.2, -0.15) is 0 Å². The van der Waals surface area contributed by atoms with Crippen molar-refractivity contribution in [2.45, 2.75) is 13.3 Å². The highest BCUT2D eigenvalue weighted by Crippen LogP contribution is 2.61. The molecule has 4 nitrogen and oxygen atoms in total. The van der Waals surface area contributed by atoms with E-state index in [-0.39, 0.29) is 41.0 Å². The summed E-state index contributed by atoms with van der Waals surface area (Å²) in [5, 5.41) is 10.4. The number of hydrogen-bond acceptors (Lipinski definition) is 3. The Balaban J connectivity index is 1.85. The monoisotopic (exact) mass is 303 g/mol. The summed E-state index contributed by atoms with van der Waals surface area (Å²) in [6, 6.07) is 4.40. The average molecular weight is 304 g/mol. The minimum Gasteiger partial charge on any atom is -0.506 e. The number of benzene rings is 1. The molecule has 108 valence electrons. The smallest absolute Gasteiger partial charge is 0.241 e. The van der Waals surface area contributed by atoms with Crippen molar-refractivity contribution in [3.05, 3.63) is 35.4 Å². The van der Waals surface area contributed by atoms with E-state index in [2.05, 4.69) is 0 Å². The molecule has 4 atom stereocenters. The third-order valence-corrected chi connectivity index (χ3v) is 5.52. The van der Waals surface area contributed by atoms with Gasteiger partial charge < -0.3 is 5.11 Å². The number of fused-ring (bicyclic) bond motifs is 5. The molecule has 1 aromatic rings. The molecule has 1 aliphatic heterocycles. The van der Waals surface area contributed by atoms with Crippen LogP contribution in [-0.4, -0.2) is 16.9 Å². The van der Waals surface area contributed by atoms with Crippen molar-refractivity contribution >= 4 is 29.1 Å². The molecular weight excluding hydrogens is 290 g/mol. The Hall–Kier alpha value is -1.81. The first-order valence-corrected chi connectivity index (χ1v) is 7.37. The first-order chi connectivity index (χ1) is 9.94. The fourth-order valence-corrected chi connectivity index (χ4v) is 4.38. The second kappa shape index (κ2) is 3.89. The van der Waals surface area contributed by atoms with Crippen molar-refractivity contribution < 1.29 is 14.7 Å². The number of imide groups is 1. The average Bonchev–Trinajstić information content (AvgIpc) is 3.06. The van der Waals surface area contributed by atoms with Gasteiger partial charge in [-0.15, -0.1) is 0 Å². The van der Waals surface area contributed by atoms with Gasteiger partial charge in [0.1, 0.15) is 5.75 Å². The van der Waals surface area contributed by atoms with Crippen molar-refractivity contribution in [3.8, 4) is 5.75 Å². The molecule has 0 aromatic heterocycles. The van der Waals surface area contributed by atoms with Crippen LogP contribution in [0.25, 0.3) is 0 Å².